The molecule has 0 saturated heterocycles. The van der Waals surface area contributed by atoms with Gasteiger partial charge in [-0.15, -0.1) is 0 Å². The highest BCUT2D eigenvalue weighted by molar-refractivity contribution is 5.94. The number of carbonyl (C=O) groups excluding carboxylic acids is 1. The number of nitrogens with zero attached hydrogens (tertiary/aromatic N) is 2. The molecule has 2 aromatic rings. The summed E-state index contributed by atoms with van der Waals surface area (Å²) in [4.78, 5) is 18.4. The number of amides is 1. The Morgan fingerprint density at radius 2 is 2.08 bits per heavy atom. The zero-order valence-corrected chi connectivity index (χ0v) is 14.0. The molecule has 1 aromatic heterocycles. The third kappa shape index (κ3) is 3.32. The second kappa shape index (κ2) is 6.47. The number of nitrogens with one attached hydrogen (secondary N) is 1. The average molecular weight is 329 g/mol. The molecule has 6 heteroatoms. The van der Waals surface area contributed by atoms with Crippen LogP contribution < -0.4 is 10.1 Å². The van der Waals surface area contributed by atoms with Crippen LogP contribution in [0.5, 0.6) is 5.88 Å². The van der Waals surface area contributed by atoms with E-state index < -0.39 is 0 Å². The van der Waals surface area contributed by atoms with Gasteiger partial charge in [-0.05, 0) is 42.7 Å². The number of anilines is 1. The second-order valence-electron chi connectivity index (χ2n) is 6.21. The summed E-state index contributed by atoms with van der Waals surface area (Å²) < 4.78 is 18.7. The second-order valence-corrected chi connectivity index (χ2v) is 6.21. The lowest BCUT2D eigenvalue weighted by Gasteiger charge is -2.25. The number of pyridine rings is 1. The molecule has 0 fully saturated rings. The Bertz CT molecular complexity index is 760. The molecule has 0 radical (unpaired) electrons. The van der Waals surface area contributed by atoms with Crippen molar-refractivity contribution >= 4 is 11.6 Å². The summed E-state index contributed by atoms with van der Waals surface area (Å²) in [6, 6.07) is 8.33. The van der Waals surface area contributed by atoms with E-state index in [1.807, 2.05) is 13.0 Å². The van der Waals surface area contributed by atoms with E-state index in [0.717, 1.165) is 16.8 Å². The lowest BCUT2D eigenvalue weighted by atomic mass is 10.0. The summed E-state index contributed by atoms with van der Waals surface area (Å²) in [6.45, 7) is 2.52. The molecule has 0 saturated carbocycles. The van der Waals surface area contributed by atoms with Gasteiger partial charge in [0.05, 0.1) is 11.7 Å². The number of halogens is 1. The van der Waals surface area contributed by atoms with Crippen LogP contribution in [0.2, 0.25) is 0 Å². The van der Waals surface area contributed by atoms with Gasteiger partial charge in [0.25, 0.3) is 5.91 Å². The van der Waals surface area contributed by atoms with E-state index in [1.54, 1.807) is 26.2 Å². The number of ether oxygens (including phenoxy) is 1. The molecular weight excluding hydrogens is 309 g/mol. The number of benzene rings is 1. The molecule has 0 aliphatic carbocycles. The molecule has 0 spiro atoms. The van der Waals surface area contributed by atoms with Crippen molar-refractivity contribution < 1.29 is 13.9 Å². The summed E-state index contributed by atoms with van der Waals surface area (Å²) in [6.07, 6.45) is 0.492. The zero-order valence-electron chi connectivity index (χ0n) is 14.0. The Morgan fingerprint density at radius 1 is 1.38 bits per heavy atom. The van der Waals surface area contributed by atoms with Gasteiger partial charge in [-0.25, -0.2) is 9.37 Å². The fourth-order valence-electron chi connectivity index (χ4n) is 2.62. The van der Waals surface area contributed by atoms with Gasteiger partial charge in [0.15, 0.2) is 0 Å². The van der Waals surface area contributed by atoms with E-state index >= 15 is 0 Å². The topological polar surface area (TPSA) is 54.5 Å². The first-order valence-corrected chi connectivity index (χ1v) is 7.83. The Hall–Kier alpha value is -2.63. The first kappa shape index (κ1) is 16.2. The highest BCUT2D eigenvalue weighted by Gasteiger charge is 2.23. The molecule has 1 N–H and O–H groups in total. The average Bonchev–Trinajstić information content (AvgIpc) is 2.55. The van der Waals surface area contributed by atoms with Crippen molar-refractivity contribution in [3.8, 4) is 5.88 Å². The highest BCUT2D eigenvalue weighted by atomic mass is 19.1. The zero-order chi connectivity index (χ0) is 17.3. The summed E-state index contributed by atoms with van der Waals surface area (Å²) in [7, 11) is 3.37. The molecule has 1 amide bonds. The first-order valence-electron chi connectivity index (χ1n) is 7.83. The molecule has 1 aliphatic rings. The van der Waals surface area contributed by atoms with E-state index in [9.17, 15) is 9.18 Å². The van der Waals surface area contributed by atoms with Gasteiger partial charge in [0, 0.05) is 14.1 Å². The van der Waals surface area contributed by atoms with Gasteiger partial charge in [-0.3, -0.25) is 4.79 Å². The molecular formula is C18H20FN3O2. The maximum Gasteiger partial charge on any atom is 0.272 e. The van der Waals surface area contributed by atoms with Crippen LogP contribution in [0.1, 0.15) is 28.5 Å². The van der Waals surface area contributed by atoms with Crippen molar-refractivity contribution in [3.63, 3.8) is 0 Å². The summed E-state index contributed by atoms with van der Waals surface area (Å²) in [5.41, 5.74) is 2.83. The van der Waals surface area contributed by atoms with Crippen molar-refractivity contribution in [2.24, 2.45) is 0 Å². The molecule has 3 rings (SSSR count). The molecule has 1 atom stereocenters. The standard InChI is InChI=1S/C18H20FN3O2/c1-11-10-24-17-15(20-11)9-13(16(21-17)18(23)22(2)3)8-12-4-6-14(19)7-5-12/h4-7,9,11,20H,8,10H2,1-3H3. The van der Waals surface area contributed by atoms with Crippen LogP contribution in [0, 0.1) is 5.82 Å². The SMILES string of the molecule is CC1COc2nc(C(=O)N(C)C)c(Cc3ccc(F)cc3)cc2N1. The molecule has 1 aliphatic heterocycles. The third-order valence-electron chi connectivity index (χ3n) is 3.86. The van der Waals surface area contributed by atoms with Crippen LogP contribution in [0.4, 0.5) is 10.1 Å². The third-order valence-corrected chi connectivity index (χ3v) is 3.86. The summed E-state index contributed by atoms with van der Waals surface area (Å²) >= 11 is 0. The largest absolute Gasteiger partial charge is 0.474 e. The van der Waals surface area contributed by atoms with Gasteiger partial charge < -0.3 is 15.0 Å². The fraction of sp³-hybridized carbons (Fsp3) is 0.333. The fourth-order valence-corrected chi connectivity index (χ4v) is 2.62. The van der Waals surface area contributed by atoms with Crippen molar-refractivity contribution in [2.45, 2.75) is 19.4 Å². The number of rotatable bonds is 3. The van der Waals surface area contributed by atoms with Crippen molar-refractivity contribution in [2.75, 3.05) is 26.0 Å². The molecule has 126 valence electrons. The van der Waals surface area contributed by atoms with Gasteiger partial charge >= 0.3 is 0 Å². The van der Waals surface area contributed by atoms with E-state index in [1.165, 1.54) is 17.0 Å². The minimum Gasteiger partial charge on any atom is -0.474 e. The van der Waals surface area contributed by atoms with Crippen LogP contribution in [0.25, 0.3) is 0 Å². The number of carbonyl (C=O) groups is 1. The Kier molecular flexibility index (Phi) is 4.38. The van der Waals surface area contributed by atoms with Gasteiger partial charge in [-0.1, -0.05) is 12.1 Å². The number of aromatic nitrogens is 1. The van der Waals surface area contributed by atoms with Crippen molar-refractivity contribution in [1.82, 2.24) is 9.88 Å². The lowest BCUT2D eigenvalue weighted by Crippen LogP contribution is -2.30. The lowest BCUT2D eigenvalue weighted by molar-refractivity contribution is 0.0819. The Labute approximate surface area is 140 Å². The predicted molar refractivity (Wildman–Crippen MR) is 90.0 cm³/mol. The number of fused-ring (bicyclic) bond motifs is 1. The van der Waals surface area contributed by atoms with E-state index in [0.29, 0.717) is 24.6 Å². The monoisotopic (exact) mass is 329 g/mol. The van der Waals surface area contributed by atoms with Crippen LogP contribution in [0.15, 0.2) is 30.3 Å². The normalized spacial score (nSPS) is 15.9. The van der Waals surface area contributed by atoms with Crippen molar-refractivity contribution in [3.05, 3.63) is 53.0 Å². The maximum absolute atomic E-state index is 13.1. The number of hydrogen-bond acceptors (Lipinski definition) is 4. The van der Waals surface area contributed by atoms with Gasteiger partial charge in [0.1, 0.15) is 18.1 Å². The van der Waals surface area contributed by atoms with E-state index in [2.05, 4.69) is 10.3 Å². The molecule has 1 aromatic carbocycles. The maximum atomic E-state index is 13.1. The van der Waals surface area contributed by atoms with Gasteiger partial charge in [-0.2, -0.15) is 0 Å². The van der Waals surface area contributed by atoms with Crippen molar-refractivity contribution in [1.29, 1.82) is 0 Å². The van der Waals surface area contributed by atoms with Crippen LogP contribution >= 0.6 is 0 Å². The quantitative estimate of drug-likeness (QED) is 0.941. The highest BCUT2D eigenvalue weighted by Crippen LogP contribution is 2.30. The minimum absolute atomic E-state index is 0.174. The van der Waals surface area contributed by atoms with Gasteiger partial charge in [0.2, 0.25) is 5.88 Å². The summed E-state index contributed by atoms with van der Waals surface area (Å²) in [5.74, 6) is -0.0194. The van der Waals surface area contributed by atoms with E-state index in [4.69, 9.17) is 4.74 Å². The molecule has 2 heterocycles. The molecule has 1 unspecified atom stereocenters. The predicted octanol–water partition coefficient (Wildman–Crippen LogP) is 2.71. The minimum atomic E-state index is -0.282. The molecule has 5 nitrogen and oxygen atoms in total. The Balaban J connectivity index is 2.02. The Morgan fingerprint density at radius 3 is 2.75 bits per heavy atom. The molecule has 24 heavy (non-hydrogen) atoms. The smallest absolute Gasteiger partial charge is 0.272 e. The summed E-state index contributed by atoms with van der Waals surface area (Å²) in [5, 5.41) is 3.32. The van der Waals surface area contributed by atoms with Crippen LogP contribution in [-0.2, 0) is 6.42 Å². The first-order chi connectivity index (χ1) is 11.4. The number of hydrogen-bond donors (Lipinski definition) is 1. The van der Waals surface area contributed by atoms with Crippen LogP contribution in [-0.4, -0.2) is 42.5 Å². The van der Waals surface area contributed by atoms with Crippen LogP contribution in [0.3, 0.4) is 0 Å². The van der Waals surface area contributed by atoms with E-state index in [-0.39, 0.29) is 17.8 Å². The molecule has 0 bridgehead atoms.